The minimum absolute atomic E-state index is 0.121. The van der Waals surface area contributed by atoms with Crippen molar-refractivity contribution in [3.8, 4) is 0 Å². The highest BCUT2D eigenvalue weighted by molar-refractivity contribution is 5.69. The highest BCUT2D eigenvalue weighted by Crippen LogP contribution is 2.36. The molecule has 0 saturated heterocycles. The van der Waals surface area contributed by atoms with Gasteiger partial charge in [0.15, 0.2) is 0 Å². The molecule has 0 aliphatic heterocycles. The Morgan fingerprint density at radius 3 is 2.64 bits per heavy atom. The first-order valence-corrected chi connectivity index (χ1v) is 4.08. The summed E-state index contributed by atoms with van der Waals surface area (Å²) < 4.78 is 5.22. The molecule has 0 aromatic heterocycles. The topological polar surface area (TPSA) is 26.3 Å². The van der Waals surface area contributed by atoms with E-state index in [1.807, 2.05) is 0 Å². The number of carbonyl (C=O) groups is 1. The van der Waals surface area contributed by atoms with Gasteiger partial charge in [-0.25, -0.2) is 0 Å². The van der Waals surface area contributed by atoms with Crippen molar-refractivity contribution in [3.63, 3.8) is 0 Å². The van der Waals surface area contributed by atoms with Crippen molar-refractivity contribution in [3.05, 3.63) is 12.7 Å². The summed E-state index contributed by atoms with van der Waals surface area (Å²) in [6.07, 6.45) is 5.24. The summed E-state index contributed by atoms with van der Waals surface area (Å²) in [5.74, 6) is -0.121. The van der Waals surface area contributed by atoms with Crippen molar-refractivity contribution in [1.29, 1.82) is 0 Å². The quantitative estimate of drug-likeness (QED) is 0.459. The first kappa shape index (κ1) is 8.31. The Balaban J connectivity index is 2.44. The van der Waals surface area contributed by atoms with Crippen LogP contribution in [-0.4, -0.2) is 11.6 Å². The van der Waals surface area contributed by atoms with Gasteiger partial charge in [0.05, 0.1) is 0 Å². The van der Waals surface area contributed by atoms with E-state index in [1.54, 1.807) is 13.0 Å². The lowest BCUT2D eigenvalue weighted by atomic mass is 9.80. The Hall–Kier alpha value is -0.790. The number of hydrogen-bond acceptors (Lipinski definition) is 2. The van der Waals surface area contributed by atoms with Gasteiger partial charge in [-0.3, -0.25) is 4.79 Å². The van der Waals surface area contributed by atoms with Crippen molar-refractivity contribution in [2.24, 2.45) is 0 Å². The number of carbonyl (C=O) groups excluding carboxylic acids is 1. The lowest BCUT2D eigenvalue weighted by molar-refractivity contribution is -0.161. The molecule has 1 rings (SSSR count). The summed E-state index contributed by atoms with van der Waals surface area (Å²) in [6, 6.07) is 0. The van der Waals surface area contributed by atoms with Crippen LogP contribution in [0, 0.1) is 0 Å². The van der Waals surface area contributed by atoms with Crippen molar-refractivity contribution in [2.45, 2.75) is 38.2 Å². The molecule has 1 saturated carbocycles. The molecule has 2 heteroatoms. The molecule has 1 aliphatic rings. The predicted octanol–water partition coefficient (Wildman–Crippen LogP) is 2.05. The van der Waals surface area contributed by atoms with Crippen LogP contribution < -0.4 is 0 Å². The molecule has 0 bridgehead atoms. The van der Waals surface area contributed by atoms with E-state index in [9.17, 15) is 4.79 Å². The summed E-state index contributed by atoms with van der Waals surface area (Å²) in [4.78, 5) is 10.9. The monoisotopic (exact) mass is 154 g/mol. The fourth-order valence-corrected chi connectivity index (χ4v) is 1.17. The van der Waals surface area contributed by atoms with Crippen LogP contribution in [0.5, 0.6) is 0 Å². The van der Waals surface area contributed by atoms with Gasteiger partial charge in [0, 0.05) is 6.42 Å². The van der Waals surface area contributed by atoms with Gasteiger partial charge < -0.3 is 4.74 Å². The molecule has 0 spiro atoms. The van der Waals surface area contributed by atoms with Crippen LogP contribution in [0.15, 0.2) is 12.7 Å². The average molecular weight is 154 g/mol. The van der Waals surface area contributed by atoms with Crippen molar-refractivity contribution in [2.75, 3.05) is 0 Å². The van der Waals surface area contributed by atoms with Crippen LogP contribution >= 0.6 is 0 Å². The van der Waals surface area contributed by atoms with Crippen LogP contribution in [0.4, 0.5) is 0 Å². The fourth-order valence-electron chi connectivity index (χ4n) is 1.17. The van der Waals surface area contributed by atoms with Crippen molar-refractivity contribution >= 4 is 5.97 Å². The Morgan fingerprint density at radius 2 is 2.36 bits per heavy atom. The third kappa shape index (κ3) is 1.62. The number of ether oxygens (including phenoxy) is 1. The lowest BCUT2D eigenvalue weighted by Crippen LogP contribution is -2.39. The molecule has 0 atom stereocenters. The SMILES string of the molecule is C=CC1(OC(=O)CC)CCC1. The van der Waals surface area contributed by atoms with Crippen molar-refractivity contribution < 1.29 is 9.53 Å². The zero-order valence-corrected chi connectivity index (χ0v) is 6.93. The van der Waals surface area contributed by atoms with Gasteiger partial charge in [-0.05, 0) is 25.3 Å². The molecule has 1 fully saturated rings. The van der Waals surface area contributed by atoms with Crippen LogP contribution in [0.2, 0.25) is 0 Å². The summed E-state index contributed by atoms with van der Waals surface area (Å²) >= 11 is 0. The second kappa shape index (κ2) is 3.07. The predicted molar refractivity (Wildman–Crippen MR) is 43.2 cm³/mol. The molecule has 0 radical (unpaired) electrons. The van der Waals surface area contributed by atoms with Gasteiger partial charge >= 0.3 is 5.97 Å². The number of esters is 1. The van der Waals surface area contributed by atoms with Crippen LogP contribution in [0.1, 0.15) is 32.6 Å². The standard InChI is InChI=1S/C9H14O2/c1-3-8(10)11-9(4-2)6-5-7-9/h4H,2-3,5-7H2,1H3. The molecule has 0 heterocycles. The smallest absolute Gasteiger partial charge is 0.306 e. The molecule has 2 nitrogen and oxygen atoms in total. The fraction of sp³-hybridized carbons (Fsp3) is 0.667. The van der Waals surface area contributed by atoms with E-state index in [1.165, 1.54) is 0 Å². The Bertz CT molecular complexity index is 168. The maximum absolute atomic E-state index is 10.9. The van der Waals surface area contributed by atoms with E-state index in [0.717, 1.165) is 19.3 Å². The van der Waals surface area contributed by atoms with Gasteiger partial charge in [-0.2, -0.15) is 0 Å². The van der Waals surface area contributed by atoms with Gasteiger partial charge in [-0.15, -0.1) is 0 Å². The van der Waals surface area contributed by atoms with Crippen LogP contribution in [0.25, 0.3) is 0 Å². The van der Waals surface area contributed by atoms with E-state index >= 15 is 0 Å². The Kier molecular flexibility index (Phi) is 2.32. The zero-order chi connectivity index (χ0) is 8.32. The van der Waals surface area contributed by atoms with Gasteiger partial charge in [0.1, 0.15) is 5.60 Å². The van der Waals surface area contributed by atoms with Gasteiger partial charge in [-0.1, -0.05) is 13.5 Å². The second-order valence-electron chi connectivity index (χ2n) is 2.95. The van der Waals surface area contributed by atoms with E-state index in [2.05, 4.69) is 6.58 Å². The Labute approximate surface area is 67.2 Å². The van der Waals surface area contributed by atoms with E-state index in [0.29, 0.717) is 6.42 Å². The second-order valence-corrected chi connectivity index (χ2v) is 2.95. The minimum Gasteiger partial charge on any atom is -0.455 e. The summed E-state index contributed by atoms with van der Waals surface area (Å²) in [6.45, 7) is 5.47. The van der Waals surface area contributed by atoms with Crippen LogP contribution in [-0.2, 0) is 9.53 Å². The summed E-state index contributed by atoms with van der Waals surface area (Å²) in [7, 11) is 0. The highest BCUT2D eigenvalue weighted by atomic mass is 16.6. The van der Waals surface area contributed by atoms with E-state index in [-0.39, 0.29) is 11.6 Å². The summed E-state index contributed by atoms with van der Waals surface area (Å²) in [5, 5.41) is 0. The first-order chi connectivity index (χ1) is 5.22. The molecular formula is C9H14O2. The molecule has 0 N–H and O–H groups in total. The normalized spacial score (nSPS) is 20.1. The highest BCUT2D eigenvalue weighted by Gasteiger charge is 2.37. The maximum atomic E-state index is 10.9. The van der Waals surface area contributed by atoms with Gasteiger partial charge in [0.2, 0.25) is 0 Å². The molecular weight excluding hydrogens is 140 g/mol. The molecule has 0 amide bonds. The van der Waals surface area contributed by atoms with E-state index < -0.39 is 0 Å². The molecule has 1 aliphatic carbocycles. The average Bonchev–Trinajstić information content (AvgIpc) is 1.96. The number of rotatable bonds is 3. The lowest BCUT2D eigenvalue weighted by Gasteiger charge is -2.38. The Morgan fingerprint density at radius 1 is 1.73 bits per heavy atom. The molecule has 0 aromatic rings. The maximum Gasteiger partial charge on any atom is 0.306 e. The van der Waals surface area contributed by atoms with E-state index in [4.69, 9.17) is 4.74 Å². The molecule has 0 unspecified atom stereocenters. The van der Waals surface area contributed by atoms with Gasteiger partial charge in [0.25, 0.3) is 0 Å². The largest absolute Gasteiger partial charge is 0.455 e. The zero-order valence-electron chi connectivity index (χ0n) is 6.93. The number of hydrogen-bond donors (Lipinski definition) is 0. The first-order valence-electron chi connectivity index (χ1n) is 4.08. The van der Waals surface area contributed by atoms with Crippen LogP contribution in [0.3, 0.4) is 0 Å². The summed E-state index contributed by atoms with van der Waals surface area (Å²) in [5.41, 5.74) is -0.299. The third-order valence-electron chi connectivity index (χ3n) is 2.18. The molecule has 0 aromatic carbocycles. The molecule has 11 heavy (non-hydrogen) atoms. The minimum atomic E-state index is -0.299. The molecule has 62 valence electrons. The van der Waals surface area contributed by atoms with Crippen molar-refractivity contribution in [1.82, 2.24) is 0 Å². The third-order valence-corrected chi connectivity index (χ3v) is 2.18.